The smallest absolute Gasteiger partial charge is 0.407 e. The van der Waals surface area contributed by atoms with Crippen LogP contribution in [0.4, 0.5) is 4.79 Å². The summed E-state index contributed by atoms with van der Waals surface area (Å²) in [6, 6.07) is 16.3. The van der Waals surface area contributed by atoms with Crippen molar-refractivity contribution in [2.45, 2.75) is 50.0 Å². The van der Waals surface area contributed by atoms with Crippen molar-refractivity contribution in [3.05, 3.63) is 59.7 Å². The van der Waals surface area contributed by atoms with Crippen molar-refractivity contribution in [2.75, 3.05) is 13.2 Å². The predicted octanol–water partition coefficient (Wildman–Crippen LogP) is 3.75. The molecule has 1 fully saturated rings. The second kappa shape index (κ2) is 10.0. The maximum absolute atomic E-state index is 12.8. The molecule has 2 amide bonds. The summed E-state index contributed by atoms with van der Waals surface area (Å²) in [5, 5.41) is 11.6. The molecular weight excluding hydrogens is 424 g/mol. The highest BCUT2D eigenvalue weighted by Gasteiger charge is 2.37. The van der Waals surface area contributed by atoms with E-state index >= 15 is 0 Å². The summed E-state index contributed by atoms with van der Waals surface area (Å²) in [6.07, 6.45) is 3.52. The number of aliphatic carboxylic acids is 1. The van der Waals surface area contributed by atoms with Crippen LogP contribution in [-0.4, -0.2) is 41.8 Å². The van der Waals surface area contributed by atoms with E-state index in [0.29, 0.717) is 12.8 Å². The topological polar surface area (TPSA) is 114 Å². The van der Waals surface area contributed by atoms with Gasteiger partial charge in [-0.25, -0.2) is 15.1 Å². The Hall–Kier alpha value is -3.39. The second-order valence-electron chi connectivity index (χ2n) is 8.68. The summed E-state index contributed by atoms with van der Waals surface area (Å²) in [4.78, 5) is 40.4. The SMILES string of the molecule is O=C(O)CONC(=O)CC1(NC(=O)OCC2c3ccccc3-c3ccccc32)CCCCC1. The van der Waals surface area contributed by atoms with Gasteiger partial charge in [0, 0.05) is 5.92 Å². The molecule has 33 heavy (non-hydrogen) atoms. The molecule has 174 valence electrons. The Bertz CT molecular complexity index is 986. The molecule has 8 nitrogen and oxygen atoms in total. The Morgan fingerprint density at radius 1 is 0.939 bits per heavy atom. The molecule has 2 aliphatic carbocycles. The fourth-order valence-corrected chi connectivity index (χ4v) is 4.95. The summed E-state index contributed by atoms with van der Waals surface area (Å²) in [5.41, 5.74) is 5.99. The van der Waals surface area contributed by atoms with Crippen LogP contribution in [0.2, 0.25) is 0 Å². The zero-order valence-corrected chi connectivity index (χ0v) is 18.3. The Kier molecular flexibility index (Phi) is 6.93. The first-order chi connectivity index (χ1) is 16.0. The van der Waals surface area contributed by atoms with E-state index in [9.17, 15) is 14.4 Å². The van der Waals surface area contributed by atoms with E-state index in [1.54, 1.807) is 0 Å². The predicted molar refractivity (Wildman–Crippen MR) is 120 cm³/mol. The van der Waals surface area contributed by atoms with Crippen LogP contribution in [0.1, 0.15) is 55.6 Å². The number of alkyl carbamates (subject to hydrolysis) is 1. The Balaban J connectivity index is 1.39. The Morgan fingerprint density at radius 3 is 2.15 bits per heavy atom. The van der Waals surface area contributed by atoms with Crippen LogP contribution in [-0.2, 0) is 19.2 Å². The number of hydroxylamine groups is 1. The van der Waals surface area contributed by atoms with Crippen molar-refractivity contribution in [1.82, 2.24) is 10.8 Å². The molecule has 0 heterocycles. The van der Waals surface area contributed by atoms with Crippen LogP contribution in [0.5, 0.6) is 0 Å². The second-order valence-corrected chi connectivity index (χ2v) is 8.68. The van der Waals surface area contributed by atoms with Gasteiger partial charge in [0.1, 0.15) is 6.61 Å². The molecule has 1 saturated carbocycles. The molecule has 3 N–H and O–H groups in total. The summed E-state index contributed by atoms with van der Waals surface area (Å²) in [7, 11) is 0. The number of benzene rings is 2. The monoisotopic (exact) mass is 452 g/mol. The van der Waals surface area contributed by atoms with Gasteiger partial charge in [0.15, 0.2) is 6.61 Å². The van der Waals surface area contributed by atoms with Gasteiger partial charge >= 0.3 is 12.1 Å². The lowest BCUT2D eigenvalue weighted by Crippen LogP contribution is -2.52. The molecule has 4 rings (SSSR count). The van der Waals surface area contributed by atoms with Crippen LogP contribution >= 0.6 is 0 Å². The number of carbonyl (C=O) groups is 3. The van der Waals surface area contributed by atoms with Gasteiger partial charge in [-0.3, -0.25) is 9.63 Å². The number of fused-ring (bicyclic) bond motifs is 3. The molecule has 8 heteroatoms. The Labute approximate surface area is 192 Å². The lowest BCUT2D eigenvalue weighted by molar-refractivity contribution is -0.149. The van der Waals surface area contributed by atoms with Crippen molar-refractivity contribution in [3.8, 4) is 11.1 Å². The molecule has 2 aromatic carbocycles. The lowest BCUT2D eigenvalue weighted by Gasteiger charge is -2.37. The first-order valence-corrected chi connectivity index (χ1v) is 11.2. The number of carbonyl (C=O) groups excluding carboxylic acids is 2. The summed E-state index contributed by atoms with van der Waals surface area (Å²) in [5.74, 6) is -1.70. The normalized spacial score (nSPS) is 16.4. The lowest BCUT2D eigenvalue weighted by atomic mass is 9.79. The largest absolute Gasteiger partial charge is 0.479 e. The van der Waals surface area contributed by atoms with Crippen LogP contribution in [0.3, 0.4) is 0 Å². The number of nitrogens with one attached hydrogen (secondary N) is 2. The van der Waals surface area contributed by atoms with Crippen LogP contribution < -0.4 is 10.8 Å². The number of carboxylic acids is 1. The highest BCUT2D eigenvalue weighted by Crippen LogP contribution is 2.44. The van der Waals surface area contributed by atoms with Gasteiger partial charge < -0.3 is 15.2 Å². The van der Waals surface area contributed by atoms with Crippen LogP contribution in [0.15, 0.2) is 48.5 Å². The average Bonchev–Trinajstić information content (AvgIpc) is 3.11. The molecule has 2 aromatic rings. The molecule has 0 aliphatic heterocycles. The molecule has 0 saturated heterocycles. The molecule has 0 aromatic heterocycles. The van der Waals surface area contributed by atoms with Gasteiger partial charge in [-0.15, -0.1) is 0 Å². The van der Waals surface area contributed by atoms with Gasteiger partial charge in [-0.05, 0) is 35.1 Å². The maximum Gasteiger partial charge on any atom is 0.407 e. The minimum Gasteiger partial charge on any atom is -0.479 e. The van der Waals surface area contributed by atoms with E-state index in [0.717, 1.165) is 41.5 Å². The third-order valence-electron chi connectivity index (χ3n) is 6.40. The summed E-state index contributed by atoms with van der Waals surface area (Å²) < 4.78 is 5.67. The molecule has 0 bridgehead atoms. The van der Waals surface area contributed by atoms with Gasteiger partial charge in [0.2, 0.25) is 5.91 Å². The molecule has 0 atom stereocenters. The molecule has 0 spiro atoms. The van der Waals surface area contributed by atoms with E-state index in [-0.39, 0.29) is 18.9 Å². The fourth-order valence-electron chi connectivity index (χ4n) is 4.95. The first kappa shape index (κ1) is 22.8. The molecular formula is C25H28N2O6. The average molecular weight is 453 g/mol. The van der Waals surface area contributed by atoms with Gasteiger partial charge in [-0.2, -0.15) is 0 Å². The van der Waals surface area contributed by atoms with Gasteiger partial charge in [0.25, 0.3) is 0 Å². The van der Waals surface area contributed by atoms with E-state index in [2.05, 4.69) is 39.9 Å². The number of carboxylic acid groups (broad SMARTS) is 1. The number of rotatable bonds is 8. The van der Waals surface area contributed by atoms with E-state index in [1.807, 2.05) is 24.3 Å². The standard InChI is InChI=1S/C25H28N2O6/c28-22(27-33-16-23(29)30)14-25(12-6-1-7-13-25)26-24(31)32-15-21-19-10-4-2-8-17(19)18-9-3-5-11-20(18)21/h2-5,8-11,21H,1,6-7,12-16H2,(H,26,31)(H,27,28)(H,29,30). The minimum atomic E-state index is -1.18. The van der Waals surface area contributed by atoms with Crippen molar-refractivity contribution in [3.63, 3.8) is 0 Å². The quantitative estimate of drug-likeness (QED) is 0.526. The number of hydrogen-bond acceptors (Lipinski definition) is 5. The Morgan fingerprint density at radius 2 is 1.55 bits per heavy atom. The minimum absolute atomic E-state index is 0.00316. The highest BCUT2D eigenvalue weighted by molar-refractivity contribution is 5.80. The third-order valence-corrected chi connectivity index (χ3v) is 6.40. The summed E-state index contributed by atoms with van der Waals surface area (Å²) >= 11 is 0. The molecule has 0 radical (unpaired) electrons. The number of amides is 2. The van der Waals surface area contributed by atoms with Gasteiger partial charge in [0.05, 0.1) is 12.0 Å². The fraction of sp³-hybridized carbons (Fsp3) is 0.400. The van der Waals surface area contributed by atoms with E-state index in [1.165, 1.54) is 0 Å². The van der Waals surface area contributed by atoms with Gasteiger partial charge in [-0.1, -0.05) is 67.8 Å². The van der Waals surface area contributed by atoms with Crippen molar-refractivity contribution < 1.29 is 29.1 Å². The van der Waals surface area contributed by atoms with E-state index < -0.39 is 30.1 Å². The summed E-state index contributed by atoms with van der Waals surface area (Å²) in [6.45, 7) is -0.428. The first-order valence-electron chi connectivity index (χ1n) is 11.2. The molecule has 2 aliphatic rings. The molecule has 0 unspecified atom stereocenters. The zero-order valence-electron chi connectivity index (χ0n) is 18.3. The number of ether oxygens (including phenoxy) is 1. The third kappa shape index (κ3) is 5.34. The number of hydrogen-bond donors (Lipinski definition) is 3. The van der Waals surface area contributed by atoms with E-state index in [4.69, 9.17) is 9.84 Å². The maximum atomic E-state index is 12.8. The van der Waals surface area contributed by atoms with Crippen LogP contribution in [0, 0.1) is 0 Å². The zero-order chi connectivity index (χ0) is 23.3. The van der Waals surface area contributed by atoms with Crippen molar-refractivity contribution in [2.24, 2.45) is 0 Å². The van der Waals surface area contributed by atoms with Crippen LogP contribution in [0.25, 0.3) is 11.1 Å². The highest BCUT2D eigenvalue weighted by atomic mass is 16.7. The van der Waals surface area contributed by atoms with Crippen molar-refractivity contribution in [1.29, 1.82) is 0 Å². The van der Waals surface area contributed by atoms with Crippen molar-refractivity contribution >= 4 is 18.0 Å².